The molecule has 9 nitrogen and oxygen atoms in total. The van der Waals surface area contributed by atoms with Gasteiger partial charge in [0.25, 0.3) is 5.91 Å². The lowest BCUT2D eigenvalue weighted by Gasteiger charge is -2.27. The van der Waals surface area contributed by atoms with Gasteiger partial charge in [0.2, 0.25) is 10.0 Å². The molecule has 3 heterocycles. The van der Waals surface area contributed by atoms with Crippen molar-refractivity contribution >= 4 is 21.6 Å². The summed E-state index contributed by atoms with van der Waals surface area (Å²) in [4.78, 5) is 21.9. The van der Waals surface area contributed by atoms with Crippen LogP contribution in [0, 0.1) is 0 Å². The SMILES string of the molecule is CS(=O)(=O)N1CCCN(Cc2ccccc2)CCN(C(=O)c2ccc(Cn3ccnc3)o2)Cc2ccccc21. The first-order valence-corrected chi connectivity index (χ1v) is 14.9. The van der Waals surface area contributed by atoms with Gasteiger partial charge in [-0.25, -0.2) is 13.4 Å². The molecule has 0 radical (unpaired) electrons. The third-order valence-electron chi connectivity index (χ3n) is 6.85. The summed E-state index contributed by atoms with van der Waals surface area (Å²) >= 11 is 0. The summed E-state index contributed by atoms with van der Waals surface area (Å²) in [7, 11) is -3.52. The molecule has 10 heteroatoms. The van der Waals surface area contributed by atoms with Gasteiger partial charge in [0, 0.05) is 51.7 Å². The maximum absolute atomic E-state index is 13.8. The number of carbonyl (C=O) groups is 1. The van der Waals surface area contributed by atoms with Crippen LogP contribution in [0.2, 0.25) is 0 Å². The summed E-state index contributed by atoms with van der Waals surface area (Å²) in [6, 6.07) is 21.1. The number of hydrogen-bond acceptors (Lipinski definition) is 6. The molecule has 0 atom stereocenters. The number of furan rings is 1. The molecular weight excluding hydrogens is 514 g/mol. The average Bonchev–Trinajstić information content (AvgIpc) is 3.60. The van der Waals surface area contributed by atoms with E-state index in [0.29, 0.717) is 57.1 Å². The molecule has 39 heavy (non-hydrogen) atoms. The normalized spacial score (nSPS) is 15.5. The predicted molar refractivity (Wildman–Crippen MR) is 150 cm³/mol. The number of benzene rings is 2. The molecule has 2 aromatic carbocycles. The summed E-state index contributed by atoms with van der Waals surface area (Å²) < 4.78 is 35.0. The fourth-order valence-electron chi connectivity index (χ4n) is 4.92. The maximum Gasteiger partial charge on any atom is 0.289 e. The van der Waals surface area contributed by atoms with Crippen LogP contribution in [-0.4, -0.2) is 66.1 Å². The second kappa shape index (κ2) is 11.9. The molecule has 0 spiro atoms. The molecule has 0 aliphatic carbocycles. The summed E-state index contributed by atoms with van der Waals surface area (Å²) in [5.74, 6) is 0.683. The van der Waals surface area contributed by atoms with Gasteiger partial charge in [-0.3, -0.25) is 14.0 Å². The fraction of sp³-hybridized carbons (Fsp3) is 0.310. The standard InChI is InChI=1S/C29H33N5O4S/c1-39(36,37)34-16-7-15-31(20-24-8-3-2-4-9-24)18-19-33(21-25-10-5-6-11-27(25)34)29(35)28-13-12-26(38-28)22-32-17-14-30-23-32/h2-6,8-14,17,23H,7,15-16,18-22H2,1H3. The molecule has 2 aromatic heterocycles. The van der Waals surface area contributed by atoms with E-state index in [1.54, 1.807) is 29.6 Å². The van der Waals surface area contributed by atoms with Crippen molar-refractivity contribution in [2.24, 2.45) is 0 Å². The Bertz CT molecular complexity index is 1480. The van der Waals surface area contributed by atoms with Crippen LogP contribution in [0.1, 0.15) is 33.9 Å². The number of fused-ring (bicyclic) bond motifs is 1. The number of amides is 1. The van der Waals surface area contributed by atoms with E-state index in [1.807, 2.05) is 53.2 Å². The van der Waals surface area contributed by atoms with Gasteiger partial charge in [0.1, 0.15) is 5.76 Å². The van der Waals surface area contributed by atoms with Crippen molar-refractivity contribution in [3.63, 3.8) is 0 Å². The Morgan fingerprint density at radius 2 is 1.72 bits per heavy atom. The Morgan fingerprint density at radius 1 is 0.923 bits per heavy atom. The number of carbonyl (C=O) groups excluding carboxylic acids is 1. The van der Waals surface area contributed by atoms with E-state index in [9.17, 15) is 13.2 Å². The molecule has 4 aromatic rings. The lowest BCUT2D eigenvalue weighted by Crippen LogP contribution is -2.38. The molecule has 1 aliphatic rings. The van der Waals surface area contributed by atoms with Crippen molar-refractivity contribution < 1.29 is 17.6 Å². The van der Waals surface area contributed by atoms with Gasteiger partial charge < -0.3 is 13.9 Å². The number of sulfonamides is 1. The molecule has 1 aliphatic heterocycles. The van der Waals surface area contributed by atoms with Gasteiger partial charge >= 0.3 is 0 Å². The van der Waals surface area contributed by atoms with Crippen LogP contribution in [0.3, 0.4) is 0 Å². The summed E-state index contributed by atoms with van der Waals surface area (Å²) in [5.41, 5.74) is 2.55. The predicted octanol–water partition coefficient (Wildman–Crippen LogP) is 3.84. The van der Waals surface area contributed by atoms with Crippen molar-refractivity contribution in [1.82, 2.24) is 19.4 Å². The highest BCUT2D eigenvalue weighted by atomic mass is 32.2. The van der Waals surface area contributed by atoms with Crippen LogP contribution in [-0.2, 0) is 29.7 Å². The highest BCUT2D eigenvalue weighted by molar-refractivity contribution is 7.92. The minimum atomic E-state index is -3.52. The Morgan fingerprint density at radius 3 is 2.49 bits per heavy atom. The van der Waals surface area contributed by atoms with E-state index in [1.165, 1.54) is 16.1 Å². The quantitative estimate of drug-likeness (QED) is 0.364. The molecule has 0 unspecified atom stereocenters. The molecule has 0 saturated heterocycles. The highest BCUT2D eigenvalue weighted by Crippen LogP contribution is 2.26. The third kappa shape index (κ3) is 6.76. The molecule has 0 fully saturated rings. The number of hydrogen-bond donors (Lipinski definition) is 0. The lowest BCUT2D eigenvalue weighted by molar-refractivity contribution is 0.0686. The number of aromatic nitrogens is 2. The number of rotatable bonds is 6. The topological polar surface area (TPSA) is 91.9 Å². The van der Waals surface area contributed by atoms with Crippen LogP contribution in [0.5, 0.6) is 0 Å². The first kappa shape index (κ1) is 26.7. The number of para-hydroxylation sites is 1. The largest absolute Gasteiger partial charge is 0.454 e. The maximum atomic E-state index is 13.8. The first-order chi connectivity index (χ1) is 18.9. The van der Waals surface area contributed by atoms with Crippen LogP contribution < -0.4 is 4.31 Å². The van der Waals surface area contributed by atoms with E-state index in [2.05, 4.69) is 22.0 Å². The molecule has 0 saturated carbocycles. The molecule has 1 amide bonds. The second-order valence-corrected chi connectivity index (χ2v) is 11.7. The number of imidazole rings is 1. The van der Waals surface area contributed by atoms with Gasteiger partial charge in [-0.2, -0.15) is 0 Å². The van der Waals surface area contributed by atoms with Crippen molar-refractivity contribution in [1.29, 1.82) is 0 Å². The van der Waals surface area contributed by atoms with Crippen molar-refractivity contribution in [2.45, 2.75) is 26.1 Å². The number of anilines is 1. The van der Waals surface area contributed by atoms with E-state index >= 15 is 0 Å². The Kier molecular flexibility index (Phi) is 8.13. The monoisotopic (exact) mass is 547 g/mol. The third-order valence-corrected chi connectivity index (χ3v) is 8.03. The average molecular weight is 548 g/mol. The zero-order chi connectivity index (χ0) is 27.2. The van der Waals surface area contributed by atoms with Crippen molar-refractivity contribution in [3.8, 4) is 0 Å². The summed E-state index contributed by atoms with van der Waals surface area (Å²) in [6.45, 7) is 3.62. The second-order valence-electron chi connectivity index (χ2n) is 9.81. The summed E-state index contributed by atoms with van der Waals surface area (Å²) in [5, 5.41) is 0. The van der Waals surface area contributed by atoms with Crippen LogP contribution >= 0.6 is 0 Å². The van der Waals surface area contributed by atoms with Gasteiger partial charge in [0.05, 0.1) is 24.8 Å². The Hall–Kier alpha value is -3.89. The molecule has 0 N–H and O–H groups in total. The van der Waals surface area contributed by atoms with Gasteiger partial charge in [-0.05, 0) is 35.7 Å². The smallest absolute Gasteiger partial charge is 0.289 e. The van der Waals surface area contributed by atoms with E-state index in [0.717, 1.165) is 5.56 Å². The van der Waals surface area contributed by atoms with E-state index in [-0.39, 0.29) is 18.2 Å². The van der Waals surface area contributed by atoms with Crippen molar-refractivity contribution in [3.05, 3.63) is 108 Å². The summed E-state index contributed by atoms with van der Waals surface area (Å²) in [6.07, 6.45) is 7.13. The molecule has 204 valence electrons. The minimum Gasteiger partial charge on any atom is -0.454 e. The zero-order valence-corrected chi connectivity index (χ0v) is 22.8. The Labute approximate surface area is 229 Å². The molecule has 0 bridgehead atoms. The van der Waals surface area contributed by atoms with Crippen molar-refractivity contribution in [2.75, 3.05) is 36.7 Å². The van der Waals surface area contributed by atoms with Gasteiger partial charge in [-0.15, -0.1) is 0 Å². The highest BCUT2D eigenvalue weighted by Gasteiger charge is 2.26. The fourth-order valence-corrected chi connectivity index (χ4v) is 5.91. The van der Waals surface area contributed by atoms with Gasteiger partial charge in [0.15, 0.2) is 5.76 Å². The molecule has 5 rings (SSSR count). The molecular formula is C29H33N5O4S. The van der Waals surface area contributed by atoms with Crippen LogP contribution in [0.25, 0.3) is 0 Å². The van der Waals surface area contributed by atoms with Crippen LogP contribution in [0.4, 0.5) is 5.69 Å². The lowest BCUT2D eigenvalue weighted by atomic mass is 10.1. The van der Waals surface area contributed by atoms with Gasteiger partial charge in [-0.1, -0.05) is 48.5 Å². The van der Waals surface area contributed by atoms with E-state index < -0.39 is 10.0 Å². The van der Waals surface area contributed by atoms with Crippen LogP contribution in [0.15, 0.2) is 89.9 Å². The van der Waals surface area contributed by atoms with E-state index in [4.69, 9.17) is 4.42 Å². The minimum absolute atomic E-state index is 0.230. The first-order valence-electron chi connectivity index (χ1n) is 13.0. The number of nitrogens with zero attached hydrogens (tertiary/aromatic N) is 5. The zero-order valence-electron chi connectivity index (χ0n) is 22.0. The Balaban J connectivity index is 1.44.